The summed E-state index contributed by atoms with van der Waals surface area (Å²) >= 11 is 0. The third-order valence-corrected chi connectivity index (χ3v) is 4.82. The number of aromatic nitrogens is 3. The average Bonchev–Trinajstić information content (AvgIpc) is 3.24. The van der Waals surface area contributed by atoms with Crippen LogP contribution in [0, 0.1) is 6.92 Å². The van der Waals surface area contributed by atoms with E-state index in [0.29, 0.717) is 24.0 Å². The quantitative estimate of drug-likeness (QED) is 0.819. The summed E-state index contributed by atoms with van der Waals surface area (Å²) in [4.78, 5) is 14.6. The number of nitrogens with one attached hydrogen (secondary N) is 1. The summed E-state index contributed by atoms with van der Waals surface area (Å²) < 4.78 is 6.85. The van der Waals surface area contributed by atoms with Crippen molar-refractivity contribution in [1.82, 2.24) is 19.8 Å². The number of amides is 1. The van der Waals surface area contributed by atoms with Crippen molar-refractivity contribution in [2.45, 2.75) is 45.2 Å². The number of carbonyl (C=O) groups is 1. The number of hydrogen-bond acceptors (Lipinski definition) is 6. The van der Waals surface area contributed by atoms with Crippen LogP contribution in [0.25, 0.3) is 0 Å². The smallest absolute Gasteiger partial charge is 0.242 e. The van der Waals surface area contributed by atoms with Crippen LogP contribution in [0.5, 0.6) is 0 Å². The Hall–Kier alpha value is -2.19. The molecule has 3 heterocycles. The lowest BCUT2D eigenvalue weighted by molar-refractivity contribution is -0.121. The second-order valence-corrected chi connectivity index (χ2v) is 6.50. The Bertz CT molecular complexity index is 703. The first-order chi connectivity index (χ1) is 12.1. The molecule has 1 amide bonds. The molecule has 1 aliphatic rings. The number of carbonyl (C=O) groups excluding carboxylic acids is 1. The van der Waals surface area contributed by atoms with Gasteiger partial charge in [-0.15, -0.1) is 0 Å². The molecule has 2 aromatic heterocycles. The van der Waals surface area contributed by atoms with Gasteiger partial charge < -0.3 is 14.9 Å². The van der Waals surface area contributed by atoms with Crippen molar-refractivity contribution in [1.29, 1.82) is 0 Å². The zero-order valence-corrected chi connectivity index (χ0v) is 14.7. The van der Waals surface area contributed by atoms with Crippen molar-refractivity contribution >= 4 is 11.7 Å². The fourth-order valence-corrected chi connectivity index (χ4v) is 3.38. The van der Waals surface area contributed by atoms with Gasteiger partial charge in [-0.3, -0.25) is 14.4 Å². The molecular formula is C17H25N5O3. The molecule has 136 valence electrons. The number of piperidine rings is 1. The predicted octanol–water partition coefficient (Wildman–Crippen LogP) is 1.38. The number of aliphatic hydroxyl groups is 1. The molecule has 0 unspecified atom stereocenters. The fraction of sp³-hybridized carbons (Fsp3) is 0.588. The molecular weight excluding hydrogens is 322 g/mol. The van der Waals surface area contributed by atoms with Crippen LogP contribution >= 0.6 is 0 Å². The maximum absolute atomic E-state index is 12.4. The SMILES string of the molecule is Cc1cc(NC(=O)[C@@H](C)N2CCC(c3ccnn3CCO)CC2)no1. The number of hydrogen-bond donors (Lipinski definition) is 2. The van der Waals surface area contributed by atoms with Gasteiger partial charge in [0.15, 0.2) is 5.82 Å². The van der Waals surface area contributed by atoms with E-state index in [-0.39, 0.29) is 18.6 Å². The van der Waals surface area contributed by atoms with Crippen molar-refractivity contribution in [3.63, 3.8) is 0 Å². The monoisotopic (exact) mass is 347 g/mol. The second kappa shape index (κ2) is 7.79. The maximum Gasteiger partial charge on any atom is 0.242 e. The largest absolute Gasteiger partial charge is 0.394 e. The summed E-state index contributed by atoms with van der Waals surface area (Å²) in [6.07, 6.45) is 3.73. The summed E-state index contributed by atoms with van der Waals surface area (Å²) in [5, 5.41) is 20.0. The van der Waals surface area contributed by atoms with Gasteiger partial charge in [-0.25, -0.2) is 0 Å². The highest BCUT2D eigenvalue weighted by molar-refractivity contribution is 5.93. The van der Waals surface area contributed by atoms with E-state index in [2.05, 4.69) is 20.5 Å². The van der Waals surface area contributed by atoms with Gasteiger partial charge in [0.1, 0.15) is 5.76 Å². The van der Waals surface area contributed by atoms with Crippen LogP contribution in [0.3, 0.4) is 0 Å². The van der Waals surface area contributed by atoms with Gasteiger partial charge >= 0.3 is 0 Å². The Morgan fingerprint density at radius 2 is 2.24 bits per heavy atom. The van der Waals surface area contributed by atoms with Crippen LogP contribution in [0.2, 0.25) is 0 Å². The second-order valence-electron chi connectivity index (χ2n) is 6.50. The molecule has 0 saturated carbocycles. The van der Waals surface area contributed by atoms with E-state index in [1.165, 1.54) is 5.69 Å². The predicted molar refractivity (Wildman–Crippen MR) is 92.2 cm³/mol. The number of aliphatic hydroxyl groups excluding tert-OH is 1. The minimum absolute atomic E-state index is 0.0722. The Labute approximate surface area is 146 Å². The van der Waals surface area contributed by atoms with Gasteiger partial charge in [-0.2, -0.15) is 5.10 Å². The van der Waals surface area contributed by atoms with Crippen molar-refractivity contribution in [2.75, 3.05) is 25.0 Å². The van der Waals surface area contributed by atoms with Crippen molar-refractivity contribution < 1.29 is 14.4 Å². The Kier molecular flexibility index (Phi) is 5.50. The lowest BCUT2D eigenvalue weighted by atomic mass is 9.92. The Balaban J connectivity index is 1.54. The van der Waals surface area contributed by atoms with E-state index >= 15 is 0 Å². The van der Waals surface area contributed by atoms with Gasteiger partial charge in [0.2, 0.25) is 5.91 Å². The molecule has 0 aliphatic carbocycles. The number of aryl methyl sites for hydroxylation is 1. The van der Waals surface area contributed by atoms with E-state index in [9.17, 15) is 4.79 Å². The summed E-state index contributed by atoms with van der Waals surface area (Å²) in [5.74, 6) is 1.47. The zero-order chi connectivity index (χ0) is 17.8. The minimum atomic E-state index is -0.222. The Morgan fingerprint density at radius 3 is 2.88 bits per heavy atom. The van der Waals surface area contributed by atoms with Crippen LogP contribution in [-0.4, -0.2) is 56.6 Å². The number of rotatable bonds is 6. The minimum Gasteiger partial charge on any atom is -0.394 e. The topological polar surface area (TPSA) is 96.4 Å². The molecule has 0 aromatic carbocycles. The third-order valence-electron chi connectivity index (χ3n) is 4.82. The van der Waals surface area contributed by atoms with E-state index in [4.69, 9.17) is 9.63 Å². The van der Waals surface area contributed by atoms with Crippen LogP contribution in [0.15, 0.2) is 22.9 Å². The van der Waals surface area contributed by atoms with Crippen LogP contribution in [-0.2, 0) is 11.3 Å². The summed E-state index contributed by atoms with van der Waals surface area (Å²) in [7, 11) is 0. The van der Waals surface area contributed by atoms with Crippen LogP contribution in [0.4, 0.5) is 5.82 Å². The van der Waals surface area contributed by atoms with Gasteiger partial charge in [0.05, 0.1) is 19.2 Å². The molecule has 3 rings (SSSR count). The summed E-state index contributed by atoms with van der Waals surface area (Å²) in [6.45, 7) is 6.02. The number of anilines is 1. The van der Waals surface area contributed by atoms with Gasteiger partial charge in [-0.1, -0.05) is 5.16 Å². The van der Waals surface area contributed by atoms with Gasteiger partial charge in [0, 0.05) is 23.9 Å². The molecule has 25 heavy (non-hydrogen) atoms. The van der Waals surface area contributed by atoms with E-state index in [1.54, 1.807) is 19.2 Å². The molecule has 8 heteroatoms. The average molecular weight is 347 g/mol. The van der Waals surface area contributed by atoms with Crippen LogP contribution < -0.4 is 5.32 Å². The lowest BCUT2D eigenvalue weighted by Crippen LogP contribution is -2.46. The lowest BCUT2D eigenvalue weighted by Gasteiger charge is -2.35. The normalized spacial score (nSPS) is 17.6. The first-order valence-electron chi connectivity index (χ1n) is 8.69. The first kappa shape index (κ1) is 17.6. The molecule has 1 fully saturated rings. The Morgan fingerprint density at radius 1 is 1.48 bits per heavy atom. The highest BCUT2D eigenvalue weighted by Gasteiger charge is 2.28. The van der Waals surface area contributed by atoms with Crippen molar-refractivity contribution in [3.8, 4) is 0 Å². The molecule has 2 N–H and O–H groups in total. The molecule has 0 bridgehead atoms. The summed E-state index contributed by atoms with van der Waals surface area (Å²) in [5.41, 5.74) is 1.17. The maximum atomic E-state index is 12.4. The van der Waals surface area contributed by atoms with Crippen LogP contribution in [0.1, 0.15) is 37.1 Å². The van der Waals surface area contributed by atoms with E-state index in [0.717, 1.165) is 25.9 Å². The first-order valence-corrected chi connectivity index (χ1v) is 8.69. The molecule has 0 radical (unpaired) electrons. The summed E-state index contributed by atoms with van der Waals surface area (Å²) in [6, 6.07) is 3.51. The van der Waals surface area contributed by atoms with E-state index in [1.807, 2.05) is 17.7 Å². The standard InChI is InChI=1S/C17H25N5O3/c1-12-11-16(20-25-12)19-17(24)13(2)21-7-4-14(5-8-21)15-3-6-18-22(15)9-10-23/h3,6,11,13-14,23H,4-5,7-10H2,1-2H3,(H,19,20,24)/t13-/m1/s1. The molecule has 1 aliphatic heterocycles. The third kappa shape index (κ3) is 4.08. The van der Waals surface area contributed by atoms with Crippen molar-refractivity contribution in [3.05, 3.63) is 29.8 Å². The fourth-order valence-electron chi connectivity index (χ4n) is 3.38. The van der Waals surface area contributed by atoms with Crippen molar-refractivity contribution in [2.24, 2.45) is 0 Å². The highest BCUT2D eigenvalue weighted by atomic mass is 16.5. The number of likely N-dealkylation sites (tertiary alicyclic amines) is 1. The molecule has 1 saturated heterocycles. The number of nitrogens with zero attached hydrogens (tertiary/aromatic N) is 4. The van der Waals surface area contributed by atoms with E-state index < -0.39 is 0 Å². The molecule has 0 spiro atoms. The van der Waals surface area contributed by atoms with Gasteiger partial charge in [0.25, 0.3) is 0 Å². The molecule has 1 atom stereocenters. The van der Waals surface area contributed by atoms with Gasteiger partial charge in [-0.05, 0) is 45.8 Å². The molecule has 2 aromatic rings. The zero-order valence-electron chi connectivity index (χ0n) is 14.7. The molecule has 8 nitrogen and oxygen atoms in total. The highest BCUT2D eigenvalue weighted by Crippen LogP contribution is 2.28.